The Hall–Kier alpha value is -1.09. The normalized spacial score (nSPS) is 28.5. The largest absolute Gasteiger partial charge is 0.394 e. The van der Waals surface area contributed by atoms with Gasteiger partial charge in [-0.2, -0.15) is 4.98 Å². The Morgan fingerprint density at radius 1 is 1.71 bits per heavy atom. The first-order valence-electron chi connectivity index (χ1n) is 5.05. The van der Waals surface area contributed by atoms with Gasteiger partial charge in [0, 0.05) is 12.6 Å². The van der Waals surface area contributed by atoms with E-state index >= 15 is 0 Å². The van der Waals surface area contributed by atoms with E-state index in [1.807, 2.05) is 0 Å². The maximum atomic E-state index is 11.6. The number of anilines is 1. The number of aromatic nitrogens is 2. The Morgan fingerprint density at radius 2 is 2.41 bits per heavy atom. The molecule has 7 nitrogen and oxygen atoms in total. The molecule has 1 fully saturated rings. The quantitative estimate of drug-likeness (QED) is 0.494. The summed E-state index contributed by atoms with van der Waals surface area (Å²) in [6, 6.07) is 0. The van der Waals surface area contributed by atoms with E-state index in [-0.39, 0.29) is 18.8 Å². The van der Waals surface area contributed by atoms with Crippen molar-refractivity contribution in [2.45, 2.75) is 29.8 Å². The molecule has 1 aromatic heterocycles. The SMILES string of the molecule is Nc1nc(=O)n(C2CC(O)C(CO)O2)cc1S. The Balaban J connectivity index is 2.30. The van der Waals surface area contributed by atoms with Crippen molar-refractivity contribution in [3.63, 3.8) is 0 Å². The zero-order chi connectivity index (χ0) is 12.6. The first kappa shape index (κ1) is 12.4. The standard InChI is InChI=1S/C9H13N3O4S/c10-8-6(17)2-12(9(15)11-8)7-1-4(14)5(3-13)16-7/h2,4-5,7,13-14,17H,1,3H2,(H2,10,11,15). The van der Waals surface area contributed by atoms with E-state index in [0.717, 1.165) is 0 Å². The Bertz CT molecular complexity index is 478. The van der Waals surface area contributed by atoms with E-state index < -0.39 is 24.1 Å². The molecule has 3 atom stereocenters. The summed E-state index contributed by atoms with van der Waals surface area (Å²) in [5.41, 5.74) is 4.86. The third kappa shape index (κ3) is 2.29. The topological polar surface area (TPSA) is 111 Å². The number of nitrogens with zero attached hydrogens (tertiary/aromatic N) is 2. The van der Waals surface area contributed by atoms with Crippen LogP contribution in [0.3, 0.4) is 0 Å². The molecule has 0 radical (unpaired) electrons. The molecule has 94 valence electrons. The Morgan fingerprint density at radius 3 is 3.00 bits per heavy atom. The second-order valence-corrected chi connectivity index (χ2v) is 4.30. The second kappa shape index (κ2) is 4.65. The minimum Gasteiger partial charge on any atom is -0.394 e. The summed E-state index contributed by atoms with van der Waals surface area (Å²) in [5, 5.41) is 18.5. The molecule has 4 N–H and O–H groups in total. The summed E-state index contributed by atoms with van der Waals surface area (Å²) in [6.07, 6.45) is -0.534. The summed E-state index contributed by atoms with van der Waals surface area (Å²) in [5.74, 6) is 0.0480. The fourth-order valence-corrected chi connectivity index (χ4v) is 1.90. The molecule has 1 aromatic rings. The minimum absolute atomic E-state index is 0.0480. The van der Waals surface area contributed by atoms with Crippen molar-refractivity contribution in [1.82, 2.24) is 9.55 Å². The van der Waals surface area contributed by atoms with Gasteiger partial charge in [-0.3, -0.25) is 4.57 Å². The lowest BCUT2D eigenvalue weighted by atomic mass is 10.2. The number of hydrogen-bond donors (Lipinski definition) is 4. The van der Waals surface area contributed by atoms with Crippen LogP contribution < -0.4 is 11.4 Å². The summed E-state index contributed by atoms with van der Waals surface area (Å²) in [7, 11) is 0. The molecule has 0 bridgehead atoms. The van der Waals surface area contributed by atoms with Gasteiger partial charge in [-0.25, -0.2) is 4.79 Å². The molecular formula is C9H13N3O4S. The van der Waals surface area contributed by atoms with Crippen LogP contribution in [0.4, 0.5) is 5.82 Å². The molecule has 0 spiro atoms. The van der Waals surface area contributed by atoms with Crippen LogP contribution in [0.1, 0.15) is 12.6 Å². The highest BCUT2D eigenvalue weighted by Crippen LogP contribution is 2.28. The van der Waals surface area contributed by atoms with E-state index in [2.05, 4.69) is 17.6 Å². The zero-order valence-corrected chi connectivity index (χ0v) is 9.75. The molecule has 3 unspecified atom stereocenters. The maximum absolute atomic E-state index is 11.6. The Labute approximate surface area is 102 Å². The van der Waals surface area contributed by atoms with Crippen LogP contribution in [0.5, 0.6) is 0 Å². The average Bonchev–Trinajstić information content (AvgIpc) is 2.65. The van der Waals surface area contributed by atoms with E-state index in [4.69, 9.17) is 15.6 Å². The molecule has 2 heterocycles. The number of ether oxygens (including phenoxy) is 1. The van der Waals surface area contributed by atoms with E-state index in [0.29, 0.717) is 4.90 Å². The van der Waals surface area contributed by atoms with Gasteiger partial charge < -0.3 is 20.7 Å². The van der Waals surface area contributed by atoms with Crippen molar-refractivity contribution in [3.8, 4) is 0 Å². The molecule has 0 amide bonds. The molecule has 1 aliphatic rings. The number of aliphatic hydroxyl groups excluding tert-OH is 2. The van der Waals surface area contributed by atoms with E-state index in [9.17, 15) is 9.90 Å². The van der Waals surface area contributed by atoms with Crippen LogP contribution in [0.25, 0.3) is 0 Å². The lowest BCUT2D eigenvalue weighted by molar-refractivity contribution is -0.0460. The lowest BCUT2D eigenvalue weighted by Gasteiger charge is -2.14. The van der Waals surface area contributed by atoms with Gasteiger partial charge in [-0.15, -0.1) is 12.6 Å². The van der Waals surface area contributed by atoms with Gasteiger partial charge in [0.15, 0.2) is 0 Å². The van der Waals surface area contributed by atoms with Crippen LogP contribution in [-0.2, 0) is 4.74 Å². The van der Waals surface area contributed by atoms with Crippen LogP contribution in [-0.4, -0.2) is 38.6 Å². The first-order valence-corrected chi connectivity index (χ1v) is 5.49. The smallest absolute Gasteiger partial charge is 0.351 e. The van der Waals surface area contributed by atoms with Crippen molar-refractivity contribution < 1.29 is 14.9 Å². The summed E-state index contributed by atoms with van der Waals surface area (Å²) < 4.78 is 6.54. The molecular weight excluding hydrogens is 246 g/mol. The van der Waals surface area contributed by atoms with Crippen LogP contribution in [0.15, 0.2) is 15.9 Å². The molecule has 1 aliphatic heterocycles. The van der Waals surface area contributed by atoms with Gasteiger partial charge in [-0.05, 0) is 0 Å². The molecule has 0 aliphatic carbocycles. The van der Waals surface area contributed by atoms with Crippen molar-refractivity contribution in [2.75, 3.05) is 12.3 Å². The average molecular weight is 259 g/mol. The fraction of sp³-hybridized carbons (Fsp3) is 0.556. The van der Waals surface area contributed by atoms with Gasteiger partial charge in [0.25, 0.3) is 0 Å². The van der Waals surface area contributed by atoms with Crippen molar-refractivity contribution in [3.05, 3.63) is 16.7 Å². The minimum atomic E-state index is -0.808. The summed E-state index contributed by atoms with van der Waals surface area (Å²) >= 11 is 4.06. The molecule has 2 rings (SSSR count). The van der Waals surface area contributed by atoms with Crippen molar-refractivity contribution in [2.24, 2.45) is 0 Å². The molecule has 17 heavy (non-hydrogen) atoms. The van der Waals surface area contributed by atoms with E-state index in [1.54, 1.807) is 0 Å². The number of thiol groups is 1. The van der Waals surface area contributed by atoms with Crippen molar-refractivity contribution in [1.29, 1.82) is 0 Å². The van der Waals surface area contributed by atoms with Crippen LogP contribution in [0.2, 0.25) is 0 Å². The van der Waals surface area contributed by atoms with Gasteiger partial charge in [0.2, 0.25) is 0 Å². The number of nitrogens with two attached hydrogens (primary N) is 1. The fourth-order valence-electron chi connectivity index (χ4n) is 1.73. The highest BCUT2D eigenvalue weighted by molar-refractivity contribution is 7.80. The monoisotopic (exact) mass is 259 g/mol. The highest BCUT2D eigenvalue weighted by Gasteiger charge is 2.35. The van der Waals surface area contributed by atoms with Crippen LogP contribution >= 0.6 is 12.6 Å². The molecule has 8 heteroatoms. The summed E-state index contributed by atoms with van der Waals surface area (Å²) in [4.78, 5) is 15.5. The number of hydrogen-bond acceptors (Lipinski definition) is 7. The highest BCUT2D eigenvalue weighted by atomic mass is 32.1. The predicted octanol–water partition coefficient (Wildman–Crippen LogP) is -1.25. The van der Waals surface area contributed by atoms with Crippen LogP contribution in [0, 0.1) is 0 Å². The van der Waals surface area contributed by atoms with Gasteiger partial charge >= 0.3 is 5.69 Å². The third-order valence-corrected chi connectivity index (χ3v) is 3.00. The number of rotatable bonds is 2. The second-order valence-electron chi connectivity index (χ2n) is 3.82. The predicted molar refractivity (Wildman–Crippen MR) is 61.8 cm³/mol. The maximum Gasteiger partial charge on any atom is 0.351 e. The van der Waals surface area contributed by atoms with E-state index in [1.165, 1.54) is 10.8 Å². The lowest BCUT2D eigenvalue weighted by Crippen LogP contribution is -2.28. The molecule has 0 saturated carbocycles. The Kier molecular flexibility index (Phi) is 3.38. The van der Waals surface area contributed by atoms with Crippen molar-refractivity contribution >= 4 is 18.4 Å². The van der Waals surface area contributed by atoms with Gasteiger partial charge in [-0.1, -0.05) is 0 Å². The van der Waals surface area contributed by atoms with Gasteiger partial charge in [0.05, 0.1) is 17.6 Å². The van der Waals surface area contributed by atoms with Gasteiger partial charge in [0.1, 0.15) is 18.1 Å². The first-order chi connectivity index (χ1) is 8.02. The molecule has 1 saturated heterocycles. The number of nitrogen functional groups attached to an aromatic ring is 1. The summed E-state index contributed by atoms with van der Waals surface area (Å²) in [6.45, 7) is -0.303. The third-order valence-electron chi connectivity index (χ3n) is 2.66. The number of aliphatic hydroxyl groups is 2. The molecule has 0 aromatic carbocycles. The zero-order valence-electron chi connectivity index (χ0n) is 8.85.